The summed E-state index contributed by atoms with van der Waals surface area (Å²) in [6, 6.07) is 7.42. The van der Waals surface area contributed by atoms with Crippen LogP contribution in [0.25, 0.3) is 0 Å². The van der Waals surface area contributed by atoms with E-state index in [1.54, 1.807) is 7.05 Å². The van der Waals surface area contributed by atoms with Crippen LogP contribution >= 0.6 is 0 Å². The fourth-order valence-electron chi connectivity index (χ4n) is 2.11. The van der Waals surface area contributed by atoms with Crippen molar-refractivity contribution >= 4 is 17.5 Å². The molecule has 0 fully saturated rings. The molecule has 2 rings (SSSR count). The first kappa shape index (κ1) is 18.6. The summed E-state index contributed by atoms with van der Waals surface area (Å²) in [5, 5.41) is 6.61. The SMILES string of the molecule is Cc1ccc(NC(=O)CC(=O)N(C)CCc2noc(C(C)C)n2)cc1. The van der Waals surface area contributed by atoms with Gasteiger partial charge in [-0.05, 0) is 19.1 Å². The van der Waals surface area contributed by atoms with Crippen LogP contribution in [0.2, 0.25) is 0 Å². The third kappa shape index (κ3) is 5.70. The van der Waals surface area contributed by atoms with Gasteiger partial charge in [0, 0.05) is 31.6 Å². The maximum Gasteiger partial charge on any atom is 0.233 e. The fraction of sp³-hybridized carbons (Fsp3) is 0.444. The number of amides is 2. The molecular formula is C18H24N4O3. The summed E-state index contributed by atoms with van der Waals surface area (Å²) >= 11 is 0. The zero-order valence-corrected chi connectivity index (χ0v) is 15.1. The second-order valence-electron chi connectivity index (χ2n) is 6.36. The van der Waals surface area contributed by atoms with Crippen molar-refractivity contribution in [3.05, 3.63) is 41.5 Å². The molecule has 0 aliphatic rings. The van der Waals surface area contributed by atoms with E-state index >= 15 is 0 Å². The Balaban J connectivity index is 1.78. The smallest absolute Gasteiger partial charge is 0.233 e. The Morgan fingerprint density at radius 1 is 1.24 bits per heavy atom. The third-order valence-corrected chi connectivity index (χ3v) is 3.72. The van der Waals surface area contributed by atoms with Gasteiger partial charge in [-0.1, -0.05) is 36.7 Å². The number of likely N-dealkylation sites (N-methyl/N-ethyl adjacent to an activating group) is 1. The van der Waals surface area contributed by atoms with Crippen molar-refractivity contribution in [1.29, 1.82) is 0 Å². The van der Waals surface area contributed by atoms with Gasteiger partial charge in [-0.2, -0.15) is 4.98 Å². The molecule has 7 nitrogen and oxygen atoms in total. The van der Waals surface area contributed by atoms with Gasteiger partial charge < -0.3 is 14.7 Å². The van der Waals surface area contributed by atoms with E-state index in [1.807, 2.05) is 45.0 Å². The highest BCUT2D eigenvalue weighted by atomic mass is 16.5. The summed E-state index contributed by atoms with van der Waals surface area (Å²) in [5.41, 5.74) is 1.79. The zero-order chi connectivity index (χ0) is 18.4. The number of aromatic nitrogens is 2. The minimum absolute atomic E-state index is 0.172. The van der Waals surface area contributed by atoms with E-state index in [1.165, 1.54) is 4.90 Å². The molecular weight excluding hydrogens is 320 g/mol. The summed E-state index contributed by atoms with van der Waals surface area (Å²) in [4.78, 5) is 29.9. The molecule has 0 radical (unpaired) electrons. The average molecular weight is 344 g/mol. The predicted molar refractivity (Wildman–Crippen MR) is 94.2 cm³/mol. The molecule has 2 aromatic rings. The lowest BCUT2D eigenvalue weighted by atomic mass is 10.2. The molecule has 1 aromatic heterocycles. The van der Waals surface area contributed by atoms with Crippen LogP contribution in [0, 0.1) is 6.92 Å². The second-order valence-corrected chi connectivity index (χ2v) is 6.36. The van der Waals surface area contributed by atoms with Crippen molar-refractivity contribution in [2.45, 2.75) is 39.5 Å². The molecule has 2 amide bonds. The first-order valence-corrected chi connectivity index (χ1v) is 8.28. The van der Waals surface area contributed by atoms with Crippen LogP contribution in [0.5, 0.6) is 0 Å². The van der Waals surface area contributed by atoms with E-state index in [0.29, 0.717) is 30.4 Å². The number of anilines is 1. The number of aryl methyl sites for hydroxylation is 1. The van der Waals surface area contributed by atoms with Crippen molar-refractivity contribution < 1.29 is 14.1 Å². The Labute approximate surface area is 147 Å². The highest BCUT2D eigenvalue weighted by Crippen LogP contribution is 2.11. The molecule has 0 bridgehead atoms. The first-order chi connectivity index (χ1) is 11.8. The van der Waals surface area contributed by atoms with Gasteiger partial charge in [0.05, 0.1) is 0 Å². The molecule has 0 saturated carbocycles. The van der Waals surface area contributed by atoms with Gasteiger partial charge in [0.25, 0.3) is 0 Å². The third-order valence-electron chi connectivity index (χ3n) is 3.72. The van der Waals surface area contributed by atoms with Crippen molar-refractivity contribution in [3.63, 3.8) is 0 Å². The molecule has 134 valence electrons. The summed E-state index contributed by atoms with van der Waals surface area (Å²) in [7, 11) is 1.66. The van der Waals surface area contributed by atoms with E-state index in [4.69, 9.17) is 4.52 Å². The maximum absolute atomic E-state index is 12.1. The number of nitrogens with zero attached hydrogens (tertiary/aromatic N) is 3. The maximum atomic E-state index is 12.1. The molecule has 0 unspecified atom stereocenters. The topological polar surface area (TPSA) is 88.3 Å². The molecule has 1 N–H and O–H groups in total. The predicted octanol–water partition coefficient (Wildman–Crippen LogP) is 2.53. The number of rotatable bonds is 7. The van der Waals surface area contributed by atoms with Crippen LogP contribution in [0.4, 0.5) is 5.69 Å². The van der Waals surface area contributed by atoms with E-state index in [9.17, 15) is 9.59 Å². The number of carbonyl (C=O) groups is 2. The van der Waals surface area contributed by atoms with E-state index in [-0.39, 0.29) is 24.2 Å². The zero-order valence-electron chi connectivity index (χ0n) is 15.1. The highest BCUT2D eigenvalue weighted by molar-refractivity contribution is 6.03. The Morgan fingerprint density at radius 3 is 2.52 bits per heavy atom. The summed E-state index contributed by atoms with van der Waals surface area (Å²) in [6.07, 6.45) is 0.284. The first-order valence-electron chi connectivity index (χ1n) is 8.28. The van der Waals surface area contributed by atoms with Gasteiger partial charge in [0.2, 0.25) is 17.7 Å². The van der Waals surface area contributed by atoms with E-state index in [2.05, 4.69) is 15.5 Å². The van der Waals surface area contributed by atoms with Crippen molar-refractivity contribution in [3.8, 4) is 0 Å². The number of hydrogen-bond donors (Lipinski definition) is 1. The summed E-state index contributed by atoms with van der Waals surface area (Å²) < 4.78 is 5.13. The Bertz CT molecular complexity index is 722. The summed E-state index contributed by atoms with van der Waals surface area (Å²) in [5.74, 6) is 0.736. The van der Waals surface area contributed by atoms with Crippen LogP contribution in [0.1, 0.15) is 43.5 Å². The number of nitrogens with one attached hydrogen (secondary N) is 1. The van der Waals surface area contributed by atoms with Crippen LogP contribution in [0.15, 0.2) is 28.8 Å². The number of hydrogen-bond acceptors (Lipinski definition) is 5. The highest BCUT2D eigenvalue weighted by Gasteiger charge is 2.16. The minimum Gasteiger partial charge on any atom is -0.345 e. The fourth-order valence-corrected chi connectivity index (χ4v) is 2.11. The largest absolute Gasteiger partial charge is 0.345 e. The molecule has 0 aliphatic carbocycles. The van der Waals surface area contributed by atoms with Gasteiger partial charge in [-0.25, -0.2) is 0 Å². The van der Waals surface area contributed by atoms with Crippen LogP contribution in [0.3, 0.4) is 0 Å². The molecule has 0 atom stereocenters. The lowest BCUT2D eigenvalue weighted by Crippen LogP contribution is -2.32. The number of benzene rings is 1. The van der Waals surface area contributed by atoms with Crippen molar-refractivity contribution in [1.82, 2.24) is 15.0 Å². The summed E-state index contributed by atoms with van der Waals surface area (Å²) in [6.45, 7) is 6.34. The van der Waals surface area contributed by atoms with Crippen LogP contribution in [-0.2, 0) is 16.0 Å². The second kappa shape index (κ2) is 8.41. The van der Waals surface area contributed by atoms with Crippen molar-refractivity contribution in [2.75, 3.05) is 18.9 Å². The van der Waals surface area contributed by atoms with E-state index < -0.39 is 0 Å². The Kier molecular flexibility index (Phi) is 6.27. The standard InChI is InChI=1S/C18H24N4O3/c1-12(2)18-20-15(21-25-18)9-10-22(4)17(24)11-16(23)19-14-7-5-13(3)6-8-14/h5-8,12H,9-11H2,1-4H3,(H,19,23). The Morgan fingerprint density at radius 2 is 1.92 bits per heavy atom. The molecule has 1 aromatic carbocycles. The van der Waals surface area contributed by atoms with Crippen LogP contribution in [-0.4, -0.2) is 40.4 Å². The molecule has 1 heterocycles. The molecule has 7 heteroatoms. The van der Waals surface area contributed by atoms with Gasteiger partial charge in [0.1, 0.15) is 6.42 Å². The lowest BCUT2D eigenvalue weighted by Gasteiger charge is -2.16. The monoisotopic (exact) mass is 344 g/mol. The number of carbonyl (C=O) groups excluding carboxylic acids is 2. The van der Waals surface area contributed by atoms with Gasteiger partial charge in [-0.15, -0.1) is 0 Å². The van der Waals surface area contributed by atoms with Gasteiger partial charge in [0.15, 0.2) is 5.82 Å². The van der Waals surface area contributed by atoms with Gasteiger partial charge in [-0.3, -0.25) is 9.59 Å². The minimum atomic E-state index is -0.331. The molecule has 25 heavy (non-hydrogen) atoms. The van der Waals surface area contributed by atoms with Crippen LogP contribution < -0.4 is 5.32 Å². The molecule has 0 spiro atoms. The molecule has 0 aliphatic heterocycles. The lowest BCUT2D eigenvalue weighted by molar-refractivity contribution is -0.133. The normalized spacial score (nSPS) is 10.8. The van der Waals surface area contributed by atoms with Crippen molar-refractivity contribution in [2.24, 2.45) is 0 Å². The molecule has 0 saturated heterocycles. The van der Waals surface area contributed by atoms with E-state index in [0.717, 1.165) is 5.56 Å². The van der Waals surface area contributed by atoms with Gasteiger partial charge >= 0.3 is 0 Å². The average Bonchev–Trinajstić information content (AvgIpc) is 3.04. The Hall–Kier alpha value is -2.70. The quantitative estimate of drug-likeness (QED) is 0.780.